The number of benzene rings is 4. The van der Waals surface area contributed by atoms with Gasteiger partial charge in [-0.15, -0.1) is 35.7 Å². The number of fused-ring (bicyclic) bond motifs is 3. The van der Waals surface area contributed by atoms with E-state index in [-0.39, 0.29) is 20.4 Å². The molecule has 0 fully saturated rings. The second-order valence-corrected chi connectivity index (χ2v) is 11.6. The third kappa shape index (κ3) is 6.16. The molecule has 5 nitrogen and oxygen atoms in total. The first kappa shape index (κ1) is 31.5. The van der Waals surface area contributed by atoms with E-state index in [1.807, 2.05) is 30.5 Å². The topological polar surface area (TPSA) is 44.9 Å². The molecular formula is C40H36N4OPd. The van der Waals surface area contributed by atoms with E-state index in [0.717, 1.165) is 57.4 Å². The molecular weight excluding hydrogens is 659 g/mol. The van der Waals surface area contributed by atoms with Crippen LogP contribution in [0.15, 0.2) is 103 Å². The summed E-state index contributed by atoms with van der Waals surface area (Å²) in [6.45, 7) is 6.43. The summed E-state index contributed by atoms with van der Waals surface area (Å²) in [5, 5.41) is 7.29. The Bertz CT molecular complexity index is 2110. The van der Waals surface area contributed by atoms with Crippen molar-refractivity contribution in [1.82, 2.24) is 19.3 Å². The van der Waals surface area contributed by atoms with E-state index >= 15 is 0 Å². The largest absolute Gasteiger partial charge is 2.00 e. The standard InChI is InChI=1S/C40H36N4O.Pd/c1-4-5-6-10-20-37-40(30-14-8-7-9-15-30)29(3)42-44(37)31-16-13-17-32(26-31)45-33-21-22-35-34-18-11-12-19-36(34)43(38(35)27-33)39-25-28(2)23-24-41-39;/h7-9,11-19,21-25H,4-6,10,20H2,1-3H3;/q-2;+2. The zero-order chi connectivity index (χ0) is 30.8. The first-order valence-corrected chi connectivity index (χ1v) is 15.8. The Hall–Kier alpha value is -4.50. The van der Waals surface area contributed by atoms with Crippen LogP contribution in [0.1, 0.15) is 49.6 Å². The Kier molecular flexibility index (Phi) is 9.49. The van der Waals surface area contributed by atoms with Gasteiger partial charge in [-0.05, 0) is 67.1 Å². The second kappa shape index (κ2) is 13.9. The minimum absolute atomic E-state index is 0. The molecule has 0 atom stereocenters. The molecule has 0 saturated carbocycles. The van der Waals surface area contributed by atoms with Crippen molar-refractivity contribution < 1.29 is 25.2 Å². The van der Waals surface area contributed by atoms with Crippen molar-refractivity contribution in [2.45, 2.75) is 52.9 Å². The van der Waals surface area contributed by atoms with Gasteiger partial charge in [0.25, 0.3) is 0 Å². The number of hydrogen-bond donors (Lipinski definition) is 0. The van der Waals surface area contributed by atoms with Crippen LogP contribution in [0.25, 0.3) is 44.4 Å². The van der Waals surface area contributed by atoms with E-state index in [9.17, 15) is 0 Å². The molecule has 46 heavy (non-hydrogen) atoms. The maximum atomic E-state index is 6.45. The fourth-order valence-electron chi connectivity index (χ4n) is 6.26. The molecule has 0 spiro atoms. The summed E-state index contributed by atoms with van der Waals surface area (Å²) in [6.07, 6.45) is 7.57. The first-order valence-electron chi connectivity index (χ1n) is 15.8. The molecule has 6 heteroatoms. The minimum atomic E-state index is 0. The Morgan fingerprint density at radius 3 is 2.39 bits per heavy atom. The average molecular weight is 695 g/mol. The molecule has 0 aliphatic rings. The fraction of sp³-hybridized carbons (Fsp3) is 0.200. The predicted molar refractivity (Wildman–Crippen MR) is 183 cm³/mol. The Morgan fingerprint density at radius 2 is 1.57 bits per heavy atom. The van der Waals surface area contributed by atoms with Crippen molar-refractivity contribution in [1.29, 1.82) is 0 Å². The molecule has 4 aromatic carbocycles. The van der Waals surface area contributed by atoms with Crippen LogP contribution in [0.5, 0.6) is 11.5 Å². The van der Waals surface area contributed by atoms with Crippen LogP contribution in [0.4, 0.5) is 0 Å². The molecule has 232 valence electrons. The summed E-state index contributed by atoms with van der Waals surface area (Å²) in [4.78, 5) is 4.70. The van der Waals surface area contributed by atoms with Crippen molar-refractivity contribution in [2.24, 2.45) is 0 Å². The predicted octanol–water partition coefficient (Wildman–Crippen LogP) is 10.2. The van der Waals surface area contributed by atoms with Crippen LogP contribution in [-0.4, -0.2) is 19.3 Å². The third-order valence-electron chi connectivity index (χ3n) is 8.37. The molecule has 0 unspecified atom stereocenters. The van der Waals surface area contributed by atoms with Gasteiger partial charge in [-0.25, -0.2) is 4.98 Å². The monoisotopic (exact) mass is 694 g/mol. The molecule has 7 aromatic rings. The molecule has 0 aliphatic carbocycles. The summed E-state index contributed by atoms with van der Waals surface area (Å²) < 4.78 is 10.7. The summed E-state index contributed by atoms with van der Waals surface area (Å²) >= 11 is 0. The van der Waals surface area contributed by atoms with E-state index in [1.54, 1.807) is 0 Å². The SMILES string of the molecule is CCCCCCc1c(-c2ccccc2)c(C)nn1-c1[c-]c(Oc2[c-]c3c(cc2)c2ccccc2n3-c2cc(C)ccn2)ccc1.[Pd+2]. The normalized spacial score (nSPS) is 11.2. The summed E-state index contributed by atoms with van der Waals surface area (Å²) in [5.74, 6) is 2.10. The molecule has 0 bridgehead atoms. The van der Waals surface area contributed by atoms with Crippen molar-refractivity contribution in [3.63, 3.8) is 0 Å². The number of nitrogens with zero attached hydrogens (tertiary/aromatic N) is 4. The van der Waals surface area contributed by atoms with Crippen molar-refractivity contribution in [3.05, 3.63) is 132 Å². The molecule has 7 rings (SSSR count). The number of pyridine rings is 1. The number of ether oxygens (including phenoxy) is 1. The summed E-state index contributed by atoms with van der Waals surface area (Å²) in [5.41, 5.74) is 8.66. The van der Waals surface area contributed by atoms with Crippen LogP contribution >= 0.6 is 0 Å². The quantitative estimate of drug-likeness (QED) is 0.0813. The summed E-state index contributed by atoms with van der Waals surface area (Å²) in [6, 6.07) is 40.2. The van der Waals surface area contributed by atoms with E-state index in [4.69, 9.17) is 14.8 Å². The zero-order valence-corrected chi connectivity index (χ0v) is 27.9. The van der Waals surface area contributed by atoms with Gasteiger partial charge in [-0.3, -0.25) is 4.68 Å². The third-order valence-corrected chi connectivity index (χ3v) is 8.37. The smallest absolute Gasteiger partial charge is 0.509 e. The van der Waals surface area contributed by atoms with Crippen molar-refractivity contribution >= 4 is 21.8 Å². The number of unbranched alkanes of at least 4 members (excludes halogenated alkanes) is 3. The van der Waals surface area contributed by atoms with E-state index in [1.165, 1.54) is 36.1 Å². The second-order valence-electron chi connectivity index (χ2n) is 11.6. The van der Waals surface area contributed by atoms with E-state index in [0.29, 0.717) is 11.5 Å². The minimum Gasteiger partial charge on any atom is -0.509 e. The van der Waals surface area contributed by atoms with Crippen LogP contribution in [-0.2, 0) is 26.8 Å². The van der Waals surface area contributed by atoms with Gasteiger partial charge in [0.1, 0.15) is 5.82 Å². The molecule has 0 amide bonds. The molecule has 3 heterocycles. The number of aryl methyl sites for hydroxylation is 2. The van der Waals surface area contributed by atoms with Gasteiger partial charge < -0.3 is 9.30 Å². The van der Waals surface area contributed by atoms with E-state index < -0.39 is 0 Å². The Labute approximate surface area is 284 Å². The average Bonchev–Trinajstić information content (AvgIpc) is 3.57. The fourth-order valence-corrected chi connectivity index (χ4v) is 6.26. The molecule has 3 aromatic heterocycles. The van der Waals surface area contributed by atoms with Gasteiger partial charge in [0.15, 0.2) is 0 Å². The molecule has 0 aliphatic heterocycles. The number of hydrogen-bond acceptors (Lipinski definition) is 3. The van der Waals surface area contributed by atoms with E-state index in [2.05, 4.69) is 115 Å². The Balaban J connectivity index is 0.00000372. The molecule has 0 N–H and O–H groups in total. The van der Waals surface area contributed by atoms with Crippen LogP contribution in [0.2, 0.25) is 0 Å². The number of para-hydroxylation sites is 1. The van der Waals surface area contributed by atoms with Crippen LogP contribution < -0.4 is 4.74 Å². The van der Waals surface area contributed by atoms with Crippen molar-refractivity contribution in [3.8, 4) is 34.1 Å². The number of aromatic nitrogens is 4. The van der Waals surface area contributed by atoms with Gasteiger partial charge in [-0.2, -0.15) is 17.2 Å². The van der Waals surface area contributed by atoms with Gasteiger partial charge in [-0.1, -0.05) is 80.2 Å². The van der Waals surface area contributed by atoms with Crippen LogP contribution in [0, 0.1) is 26.0 Å². The summed E-state index contributed by atoms with van der Waals surface area (Å²) in [7, 11) is 0. The zero-order valence-electron chi connectivity index (χ0n) is 26.4. The van der Waals surface area contributed by atoms with Crippen LogP contribution in [0.3, 0.4) is 0 Å². The maximum absolute atomic E-state index is 6.45. The van der Waals surface area contributed by atoms with Gasteiger partial charge in [0, 0.05) is 34.5 Å². The van der Waals surface area contributed by atoms with Gasteiger partial charge in [0.2, 0.25) is 0 Å². The van der Waals surface area contributed by atoms with Crippen molar-refractivity contribution in [2.75, 3.05) is 0 Å². The Morgan fingerprint density at radius 1 is 0.761 bits per heavy atom. The number of rotatable bonds is 10. The van der Waals surface area contributed by atoms with Gasteiger partial charge in [0.05, 0.1) is 5.69 Å². The molecule has 0 saturated heterocycles. The molecule has 0 radical (unpaired) electrons. The van der Waals surface area contributed by atoms with Gasteiger partial charge >= 0.3 is 20.4 Å². The maximum Gasteiger partial charge on any atom is 2.00 e. The first-order chi connectivity index (χ1) is 22.1.